The molecule has 0 fully saturated rings. The van der Waals surface area contributed by atoms with E-state index in [1.165, 1.54) is 0 Å². The first-order chi connectivity index (χ1) is 8.08. The highest BCUT2D eigenvalue weighted by Gasteiger charge is 2.81. The van der Waals surface area contributed by atoms with Gasteiger partial charge >= 0.3 is 23.9 Å². The van der Waals surface area contributed by atoms with Crippen LogP contribution in [-0.2, 0) is 4.79 Å². The van der Waals surface area contributed by atoms with E-state index < -0.39 is 41.2 Å². The molecule has 0 aromatic heterocycles. The van der Waals surface area contributed by atoms with Crippen molar-refractivity contribution in [3.8, 4) is 0 Å². The summed E-state index contributed by atoms with van der Waals surface area (Å²) < 4.78 is 111. The molecule has 11 heteroatoms. The van der Waals surface area contributed by atoms with Crippen molar-refractivity contribution >= 4 is 16.8 Å². The van der Waals surface area contributed by atoms with E-state index in [0.717, 1.165) is 0 Å². The number of carbonyl (C=O) groups is 1. The Labute approximate surface area is 105 Å². The predicted octanol–water partition coefficient (Wildman–Crippen LogP) is 4.17. The number of alkyl halides is 9. The number of halogens is 10. The van der Waals surface area contributed by atoms with Crippen molar-refractivity contribution in [2.24, 2.45) is 0 Å². The number of hydrogen-bond acceptors (Lipinski definition) is 1. The molecule has 0 heterocycles. The third kappa shape index (κ3) is 3.15. The maximum atomic E-state index is 12.8. The Kier molecular flexibility index (Phi) is 4.64. The van der Waals surface area contributed by atoms with E-state index in [1.54, 1.807) is 0 Å². The molecule has 0 bridgehead atoms. The van der Waals surface area contributed by atoms with Crippen LogP contribution in [0.3, 0.4) is 0 Å². The Hall–Kier alpha value is -0.930. The Balaban J connectivity index is 5.52. The molecule has 0 N–H and O–H groups in total. The van der Waals surface area contributed by atoms with Crippen molar-refractivity contribution < 1.29 is 44.3 Å². The Bertz CT molecular complexity index is 384. The van der Waals surface area contributed by atoms with Crippen molar-refractivity contribution in [3.05, 3.63) is 12.2 Å². The van der Waals surface area contributed by atoms with E-state index in [4.69, 9.17) is 0 Å². The van der Waals surface area contributed by atoms with Crippen molar-refractivity contribution in [1.82, 2.24) is 0 Å². The molecule has 112 valence electrons. The average molecular weight is 323 g/mol. The van der Waals surface area contributed by atoms with Crippen LogP contribution in [-0.4, -0.2) is 29.2 Å². The summed E-state index contributed by atoms with van der Waals surface area (Å²) in [6.07, 6.45) is -9.33. The van der Waals surface area contributed by atoms with Crippen LogP contribution < -0.4 is 0 Å². The highest BCUT2D eigenvalue weighted by atomic mass is 35.5. The van der Waals surface area contributed by atoms with Gasteiger partial charge in [-0.1, -0.05) is 6.58 Å². The second-order valence-corrected chi connectivity index (χ2v) is 3.75. The minimum Gasteiger partial charge on any atom is -0.276 e. The summed E-state index contributed by atoms with van der Waals surface area (Å²) in [7, 11) is 0. The number of carbonyl (C=O) groups excluding carboxylic acids is 1. The highest BCUT2D eigenvalue weighted by Crippen LogP contribution is 2.54. The first kappa shape index (κ1) is 18.1. The van der Waals surface area contributed by atoms with Gasteiger partial charge in [0.2, 0.25) is 5.24 Å². The van der Waals surface area contributed by atoms with Crippen LogP contribution in [0.5, 0.6) is 0 Å². The fraction of sp³-hybridized carbons (Fsp3) is 0.625. The minimum absolute atomic E-state index is 1.43. The summed E-state index contributed by atoms with van der Waals surface area (Å²) >= 11 is 4.56. The molecule has 0 atom stereocenters. The van der Waals surface area contributed by atoms with Gasteiger partial charge in [-0.25, -0.2) is 0 Å². The molecule has 0 rings (SSSR count). The first-order valence-electron chi connectivity index (χ1n) is 4.15. The van der Waals surface area contributed by atoms with Crippen LogP contribution in [0.4, 0.5) is 39.5 Å². The van der Waals surface area contributed by atoms with Gasteiger partial charge in [0.1, 0.15) is 0 Å². The second-order valence-electron chi connectivity index (χ2n) is 3.41. The molecule has 19 heavy (non-hydrogen) atoms. The van der Waals surface area contributed by atoms with Crippen LogP contribution in [0.2, 0.25) is 0 Å². The molecule has 0 aromatic rings. The summed E-state index contributed by atoms with van der Waals surface area (Å²) in [5.41, 5.74) is -1.43. The average Bonchev–Trinajstić information content (AvgIpc) is 2.14. The van der Waals surface area contributed by atoms with Crippen molar-refractivity contribution in [2.75, 3.05) is 0 Å². The maximum Gasteiger partial charge on any atom is 0.460 e. The molecular formula is C8H4ClF9O. The number of hydrogen-bond donors (Lipinski definition) is 0. The van der Waals surface area contributed by atoms with Gasteiger partial charge in [-0.2, -0.15) is 39.5 Å². The summed E-state index contributed by atoms with van der Waals surface area (Å²) in [5.74, 6) is -19.6. The zero-order valence-corrected chi connectivity index (χ0v) is 9.36. The van der Waals surface area contributed by atoms with Gasteiger partial charge in [0.05, 0.1) is 0 Å². The van der Waals surface area contributed by atoms with Crippen LogP contribution in [0.1, 0.15) is 6.42 Å². The summed E-state index contributed by atoms with van der Waals surface area (Å²) in [5, 5.41) is -1.76. The van der Waals surface area contributed by atoms with Gasteiger partial charge in [0, 0.05) is 12.0 Å². The van der Waals surface area contributed by atoms with Gasteiger partial charge in [0.25, 0.3) is 0 Å². The van der Waals surface area contributed by atoms with E-state index >= 15 is 0 Å². The Morgan fingerprint density at radius 3 is 1.53 bits per heavy atom. The SMILES string of the molecule is C=C(CC(F)(F)C(F)(F)C(F)(F)C(F)(F)F)C(=O)Cl. The van der Waals surface area contributed by atoms with Gasteiger partial charge in [-0.15, -0.1) is 0 Å². The van der Waals surface area contributed by atoms with E-state index in [-0.39, 0.29) is 0 Å². The van der Waals surface area contributed by atoms with Crippen LogP contribution in [0, 0.1) is 0 Å². The zero-order valence-electron chi connectivity index (χ0n) is 8.60. The monoisotopic (exact) mass is 322 g/mol. The fourth-order valence-corrected chi connectivity index (χ4v) is 0.923. The van der Waals surface area contributed by atoms with Crippen LogP contribution in [0.15, 0.2) is 12.2 Å². The molecule has 0 aliphatic heterocycles. The van der Waals surface area contributed by atoms with E-state index in [9.17, 15) is 44.3 Å². The van der Waals surface area contributed by atoms with Crippen molar-refractivity contribution in [2.45, 2.75) is 30.4 Å². The third-order valence-corrected chi connectivity index (χ3v) is 2.19. The number of allylic oxidation sites excluding steroid dienone is 1. The molecule has 0 aliphatic carbocycles. The van der Waals surface area contributed by atoms with Gasteiger partial charge in [-0.05, 0) is 11.6 Å². The van der Waals surface area contributed by atoms with Gasteiger partial charge in [-0.3, -0.25) is 4.79 Å². The first-order valence-corrected chi connectivity index (χ1v) is 4.53. The predicted molar refractivity (Wildman–Crippen MR) is 45.5 cm³/mol. The molecule has 0 spiro atoms. The van der Waals surface area contributed by atoms with Crippen molar-refractivity contribution in [1.29, 1.82) is 0 Å². The molecule has 0 radical (unpaired) electrons. The normalized spacial score (nSPS) is 14.4. The molecule has 0 saturated heterocycles. The maximum absolute atomic E-state index is 12.8. The highest BCUT2D eigenvalue weighted by molar-refractivity contribution is 6.67. The molecule has 0 aliphatic rings. The molecular weight excluding hydrogens is 319 g/mol. The van der Waals surface area contributed by atoms with Crippen LogP contribution >= 0.6 is 11.6 Å². The van der Waals surface area contributed by atoms with Gasteiger partial charge < -0.3 is 0 Å². The minimum atomic E-state index is -6.99. The third-order valence-electron chi connectivity index (χ3n) is 1.92. The summed E-state index contributed by atoms with van der Waals surface area (Å²) in [6, 6.07) is 0. The Morgan fingerprint density at radius 2 is 1.26 bits per heavy atom. The standard InChI is InChI=1S/C8H4ClF9O/c1-3(4(9)19)2-5(10,11)6(12,13)7(14,15)8(16,17)18/h1-2H2. The quantitative estimate of drug-likeness (QED) is 0.422. The molecule has 0 aromatic carbocycles. The Morgan fingerprint density at radius 1 is 0.895 bits per heavy atom. The lowest BCUT2D eigenvalue weighted by atomic mass is 9.98. The second kappa shape index (κ2) is 4.88. The molecule has 1 nitrogen and oxygen atoms in total. The van der Waals surface area contributed by atoms with E-state index in [2.05, 4.69) is 18.2 Å². The van der Waals surface area contributed by atoms with Crippen molar-refractivity contribution in [3.63, 3.8) is 0 Å². The largest absolute Gasteiger partial charge is 0.460 e. The summed E-state index contributed by atoms with van der Waals surface area (Å²) in [4.78, 5) is 10.3. The lowest BCUT2D eigenvalue weighted by Crippen LogP contribution is -2.60. The molecule has 0 unspecified atom stereocenters. The van der Waals surface area contributed by atoms with Gasteiger partial charge in [0.15, 0.2) is 0 Å². The summed E-state index contributed by atoms with van der Waals surface area (Å²) in [6.45, 7) is 2.48. The lowest BCUT2D eigenvalue weighted by molar-refractivity contribution is -0.395. The van der Waals surface area contributed by atoms with E-state index in [1.807, 2.05) is 0 Å². The topological polar surface area (TPSA) is 17.1 Å². The number of rotatable bonds is 5. The molecule has 0 saturated carbocycles. The van der Waals surface area contributed by atoms with E-state index in [0.29, 0.717) is 0 Å². The molecule has 0 amide bonds. The zero-order chi connectivity index (χ0) is 15.9. The van der Waals surface area contributed by atoms with Crippen LogP contribution in [0.25, 0.3) is 0 Å². The smallest absolute Gasteiger partial charge is 0.276 e. The fourth-order valence-electron chi connectivity index (χ4n) is 0.856. The lowest BCUT2D eigenvalue weighted by Gasteiger charge is -2.33.